The maximum Gasteiger partial charge on any atom is 0.333 e. The molecule has 0 bridgehead atoms. The van der Waals surface area contributed by atoms with E-state index in [0.29, 0.717) is 28.0 Å². The Hall–Kier alpha value is -3.02. The molecule has 0 fully saturated rings. The van der Waals surface area contributed by atoms with Crippen LogP contribution in [0.4, 0.5) is 5.69 Å². The van der Waals surface area contributed by atoms with Crippen molar-refractivity contribution in [3.63, 3.8) is 0 Å². The van der Waals surface area contributed by atoms with Gasteiger partial charge in [-0.2, -0.15) is 0 Å². The minimum atomic E-state index is -0.504. The first-order chi connectivity index (χ1) is 10.5. The zero-order chi connectivity index (χ0) is 15.9. The molecule has 3 aromatic rings. The van der Waals surface area contributed by atoms with Gasteiger partial charge in [-0.3, -0.25) is 4.79 Å². The second kappa shape index (κ2) is 5.07. The molecule has 0 saturated carbocycles. The van der Waals surface area contributed by atoms with Gasteiger partial charge in [0, 0.05) is 5.69 Å². The second-order valence-corrected chi connectivity index (χ2v) is 5.00. The van der Waals surface area contributed by atoms with E-state index < -0.39 is 11.6 Å². The number of nitrogens with zero attached hydrogens (tertiary/aromatic N) is 1. The van der Waals surface area contributed by atoms with Crippen LogP contribution in [0.25, 0.3) is 11.0 Å². The maximum absolute atomic E-state index is 12.7. The van der Waals surface area contributed by atoms with Gasteiger partial charge < -0.3 is 15.5 Å². The van der Waals surface area contributed by atoms with Gasteiger partial charge in [0.05, 0.1) is 23.7 Å². The minimum absolute atomic E-state index is 0.322. The smallest absolute Gasteiger partial charge is 0.333 e. The number of nitrogens with one attached hydrogen (secondary N) is 1. The zero-order valence-corrected chi connectivity index (χ0v) is 12.2. The highest BCUT2D eigenvalue weighted by Crippen LogP contribution is 2.22. The van der Waals surface area contributed by atoms with E-state index in [1.807, 2.05) is 6.92 Å². The van der Waals surface area contributed by atoms with Crippen LogP contribution in [0.1, 0.15) is 15.9 Å². The van der Waals surface area contributed by atoms with Crippen molar-refractivity contribution in [2.45, 2.75) is 6.92 Å². The quantitative estimate of drug-likeness (QED) is 0.707. The summed E-state index contributed by atoms with van der Waals surface area (Å²) in [6.07, 6.45) is 0. The van der Waals surface area contributed by atoms with Crippen LogP contribution in [0.15, 0.2) is 41.2 Å². The van der Waals surface area contributed by atoms with E-state index in [4.69, 9.17) is 10.5 Å². The number of methoxy groups -OCH3 is 1. The van der Waals surface area contributed by atoms with Crippen LogP contribution in [0.2, 0.25) is 0 Å². The lowest BCUT2D eigenvalue weighted by Gasteiger charge is -2.08. The molecule has 0 unspecified atom stereocenters. The number of imidazole rings is 1. The van der Waals surface area contributed by atoms with Gasteiger partial charge in [0.2, 0.25) is 0 Å². The summed E-state index contributed by atoms with van der Waals surface area (Å²) in [5, 5.41) is 0. The molecule has 6 nitrogen and oxygen atoms in total. The van der Waals surface area contributed by atoms with Crippen molar-refractivity contribution in [3.8, 4) is 5.75 Å². The fourth-order valence-electron chi connectivity index (χ4n) is 2.42. The number of benzene rings is 2. The molecule has 22 heavy (non-hydrogen) atoms. The van der Waals surface area contributed by atoms with Gasteiger partial charge in [-0.15, -0.1) is 0 Å². The van der Waals surface area contributed by atoms with Gasteiger partial charge in [-0.05, 0) is 36.8 Å². The molecule has 2 aromatic carbocycles. The molecular weight excluding hydrogens is 282 g/mol. The molecule has 0 atom stereocenters. The fourth-order valence-corrected chi connectivity index (χ4v) is 2.42. The second-order valence-electron chi connectivity index (χ2n) is 5.00. The number of rotatable bonds is 2. The fraction of sp³-hybridized carbons (Fsp3) is 0.125. The summed E-state index contributed by atoms with van der Waals surface area (Å²) in [6.45, 7) is 1.82. The van der Waals surface area contributed by atoms with Crippen LogP contribution < -0.4 is 16.2 Å². The number of ether oxygens (including phenoxy) is 1. The summed E-state index contributed by atoms with van der Waals surface area (Å²) in [5.41, 5.74) is 8.04. The molecule has 0 aliphatic heterocycles. The molecule has 0 spiro atoms. The van der Waals surface area contributed by atoms with E-state index >= 15 is 0 Å². The van der Waals surface area contributed by atoms with Crippen LogP contribution in [-0.2, 0) is 0 Å². The van der Waals surface area contributed by atoms with Crippen LogP contribution in [0.3, 0.4) is 0 Å². The third kappa shape index (κ3) is 2.05. The van der Waals surface area contributed by atoms with E-state index in [9.17, 15) is 9.59 Å². The summed E-state index contributed by atoms with van der Waals surface area (Å²) in [7, 11) is 1.48. The summed E-state index contributed by atoms with van der Waals surface area (Å²) in [5.74, 6) is -0.0289. The predicted molar refractivity (Wildman–Crippen MR) is 84.4 cm³/mol. The van der Waals surface area contributed by atoms with Gasteiger partial charge in [0.15, 0.2) is 0 Å². The molecule has 6 heteroatoms. The highest BCUT2D eigenvalue weighted by molar-refractivity contribution is 6.03. The molecule has 3 N–H and O–H groups in total. The number of hydrogen-bond acceptors (Lipinski definition) is 4. The number of H-pyrrole nitrogens is 1. The lowest BCUT2D eigenvalue weighted by Crippen LogP contribution is -2.25. The standard InChI is InChI=1S/C16H15N3O3/c1-9-7-13-12(8-11(9)17)18-16(21)19(13)15(20)10-5-3-4-6-14(10)22-2/h3-8H,17H2,1-2H3,(H,18,21). The Morgan fingerprint density at radius 1 is 1.27 bits per heavy atom. The number of carbonyl (C=O) groups is 1. The number of nitrogens with two attached hydrogens (primary N) is 1. The third-order valence-electron chi connectivity index (χ3n) is 3.61. The first-order valence-corrected chi connectivity index (χ1v) is 6.71. The maximum atomic E-state index is 12.7. The van der Waals surface area contributed by atoms with Crippen molar-refractivity contribution in [1.29, 1.82) is 0 Å². The number of aryl methyl sites for hydroxylation is 1. The number of nitrogen functional groups attached to an aromatic ring is 1. The van der Waals surface area contributed by atoms with Gasteiger partial charge in [0.1, 0.15) is 5.75 Å². The Bertz CT molecular complexity index is 937. The monoisotopic (exact) mass is 297 g/mol. The topological polar surface area (TPSA) is 90.1 Å². The molecule has 1 aromatic heterocycles. The van der Waals surface area contributed by atoms with Crippen LogP contribution in [0.5, 0.6) is 5.75 Å². The molecular formula is C16H15N3O3. The van der Waals surface area contributed by atoms with Gasteiger partial charge in [-0.25, -0.2) is 9.36 Å². The number of aromatic nitrogens is 2. The largest absolute Gasteiger partial charge is 0.496 e. The highest BCUT2D eigenvalue weighted by Gasteiger charge is 2.19. The first kappa shape index (κ1) is 13.9. The number of anilines is 1. The van der Waals surface area contributed by atoms with Gasteiger partial charge in [0.25, 0.3) is 5.91 Å². The zero-order valence-electron chi connectivity index (χ0n) is 12.2. The van der Waals surface area contributed by atoms with Crippen molar-refractivity contribution < 1.29 is 9.53 Å². The average molecular weight is 297 g/mol. The summed E-state index contributed by atoms with van der Waals surface area (Å²) in [6, 6.07) is 10.2. The number of fused-ring (bicyclic) bond motifs is 1. The van der Waals surface area contributed by atoms with Crippen molar-refractivity contribution >= 4 is 22.6 Å². The molecule has 0 aliphatic carbocycles. The Morgan fingerprint density at radius 2 is 2.00 bits per heavy atom. The van der Waals surface area contributed by atoms with Crippen molar-refractivity contribution in [2.75, 3.05) is 12.8 Å². The van der Waals surface area contributed by atoms with Crippen LogP contribution >= 0.6 is 0 Å². The van der Waals surface area contributed by atoms with E-state index in [0.717, 1.165) is 10.1 Å². The van der Waals surface area contributed by atoms with E-state index in [1.54, 1.807) is 36.4 Å². The Morgan fingerprint density at radius 3 is 2.73 bits per heavy atom. The number of para-hydroxylation sites is 1. The Balaban J connectivity index is 2.26. The minimum Gasteiger partial charge on any atom is -0.496 e. The molecule has 3 rings (SSSR count). The van der Waals surface area contributed by atoms with E-state index in [-0.39, 0.29) is 0 Å². The first-order valence-electron chi connectivity index (χ1n) is 6.71. The normalized spacial score (nSPS) is 10.8. The number of hydrogen-bond donors (Lipinski definition) is 2. The molecule has 1 heterocycles. The van der Waals surface area contributed by atoms with E-state index in [1.165, 1.54) is 7.11 Å². The lowest BCUT2D eigenvalue weighted by molar-refractivity contribution is 0.0958. The molecule has 112 valence electrons. The summed E-state index contributed by atoms with van der Waals surface area (Å²) >= 11 is 0. The number of carbonyl (C=O) groups excluding carboxylic acids is 1. The van der Waals surface area contributed by atoms with Gasteiger partial charge in [-0.1, -0.05) is 12.1 Å². The van der Waals surface area contributed by atoms with Crippen molar-refractivity contribution in [3.05, 3.63) is 58.0 Å². The van der Waals surface area contributed by atoms with Crippen molar-refractivity contribution in [2.24, 2.45) is 0 Å². The van der Waals surface area contributed by atoms with Crippen LogP contribution in [-0.4, -0.2) is 22.6 Å². The average Bonchev–Trinajstić information content (AvgIpc) is 2.82. The SMILES string of the molecule is COc1ccccc1C(=O)n1c(=O)[nH]c2cc(N)c(C)cc21. The summed E-state index contributed by atoms with van der Waals surface area (Å²) in [4.78, 5) is 27.6. The molecule has 0 aliphatic rings. The third-order valence-corrected chi connectivity index (χ3v) is 3.61. The highest BCUT2D eigenvalue weighted by atomic mass is 16.5. The van der Waals surface area contributed by atoms with Crippen molar-refractivity contribution in [1.82, 2.24) is 9.55 Å². The molecule has 0 saturated heterocycles. The van der Waals surface area contributed by atoms with Gasteiger partial charge >= 0.3 is 5.69 Å². The molecule has 0 radical (unpaired) electrons. The van der Waals surface area contributed by atoms with E-state index in [2.05, 4.69) is 4.98 Å². The lowest BCUT2D eigenvalue weighted by atomic mass is 10.1. The Kier molecular flexibility index (Phi) is 3.21. The number of aromatic amines is 1. The Labute approximate surface area is 126 Å². The van der Waals surface area contributed by atoms with Crippen LogP contribution in [0, 0.1) is 6.92 Å². The molecule has 0 amide bonds. The predicted octanol–water partition coefficient (Wildman–Crippen LogP) is 1.92. The summed E-state index contributed by atoms with van der Waals surface area (Å²) < 4.78 is 6.29.